The molecule has 9 heteroatoms. The van der Waals surface area contributed by atoms with E-state index in [0.29, 0.717) is 32.0 Å². The Morgan fingerprint density at radius 1 is 0.933 bits per heavy atom. The molecule has 0 spiro atoms. The minimum absolute atomic E-state index is 0.110. The van der Waals surface area contributed by atoms with Crippen LogP contribution in [0.15, 0.2) is 60.8 Å². The van der Waals surface area contributed by atoms with Crippen LogP contribution in [-0.2, 0) is 0 Å². The Kier molecular flexibility index (Phi) is 5.88. The molecule has 154 valence electrons. The number of hydrogen-bond acceptors (Lipinski definition) is 7. The Labute approximate surface area is 174 Å². The molecule has 0 saturated carbocycles. The number of amides is 2. The second kappa shape index (κ2) is 9.08. The number of aromatic nitrogens is 3. The van der Waals surface area contributed by atoms with Crippen molar-refractivity contribution in [3.63, 3.8) is 0 Å². The van der Waals surface area contributed by atoms with E-state index < -0.39 is 0 Å². The number of anilines is 4. The minimum Gasteiger partial charge on any atom is -0.497 e. The molecule has 1 saturated heterocycles. The fourth-order valence-corrected chi connectivity index (χ4v) is 3.14. The molecule has 9 nitrogen and oxygen atoms in total. The van der Waals surface area contributed by atoms with Crippen LogP contribution in [-0.4, -0.2) is 59.4 Å². The van der Waals surface area contributed by atoms with Gasteiger partial charge in [0.1, 0.15) is 11.6 Å². The first-order chi connectivity index (χ1) is 14.7. The second-order valence-corrected chi connectivity index (χ2v) is 6.75. The largest absolute Gasteiger partial charge is 0.497 e. The van der Waals surface area contributed by atoms with E-state index in [1.807, 2.05) is 54.6 Å². The molecule has 0 bridgehead atoms. The van der Waals surface area contributed by atoms with Crippen LogP contribution in [0.5, 0.6) is 5.75 Å². The normalized spacial score (nSPS) is 13.6. The van der Waals surface area contributed by atoms with E-state index in [4.69, 9.17) is 4.74 Å². The molecule has 2 amide bonds. The Balaban J connectivity index is 1.28. The van der Waals surface area contributed by atoms with Gasteiger partial charge < -0.3 is 25.2 Å². The van der Waals surface area contributed by atoms with Gasteiger partial charge in [0.05, 0.1) is 7.11 Å². The van der Waals surface area contributed by atoms with Crippen molar-refractivity contribution >= 4 is 29.2 Å². The highest BCUT2D eigenvalue weighted by molar-refractivity contribution is 5.89. The maximum Gasteiger partial charge on any atom is 0.321 e. The van der Waals surface area contributed by atoms with Gasteiger partial charge >= 0.3 is 6.03 Å². The number of nitrogens with one attached hydrogen (secondary N) is 2. The molecule has 1 fully saturated rings. The summed E-state index contributed by atoms with van der Waals surface area (Å²) >= 11 is 0. The Morgan fingerprint density at radius 2 is 1.73 bits per heavy atom. The number of ether oxygens (including phenoxy) is 1. The summed E-state index contributed by atoms with van der Waals surface area (Å²) in [7, 11) is 1.61. The standard InChI is InChI=1S/C21H23N7O2/c1-30-17-7-5-16(6-8-17)23-21(29)28-14-12-27(13-15-28)20-10-9-19(25-26-20)24-18-4-2-3-11-22-18/h2-11H,12-15H2,1H3,(H,23,29)(H,22,24,25). The van der Waals surface area contributed by atoms with E-state index in [0.717, 1.165) is 23.1 Å². The summed E-state index contributed by atoms with van der Waals surface area (Å²) in [6.07, 6.45) is 1.72. The molecule has 4 rings (SSSR count). The zero-order valence-electron chi connectivity index (χ0n) is 16.7. The number of carbonyl (C=O) groups is 1. The lowest BCUT2D eigenvalue weighted by atomic mass is 10.3. The molecule has 2 aromatic heterocycles. The van der Waals surface area contributed by atoms with Crippen molar-refractivity contribution in [1.82, 2.24) is 20.1 Å². The zero-order valence-corrected chi connectivity index (χ0v) is 16.7. The van der Waals surface area contributed by atoms with Crippen LogP contribution in [0.25, 0.3) is 0 Å². The molecular formula is C21H23N7O2. The molecule has 3 aromatic rings. The van der Waals surface area contributed by atoms with E-state index >= 15 is 0 Å². The van der Waals surface area contributed by atoms with Gasteiger partial charge in [0.25, 0.3) is 0 Å². The Morgan fingerprint density at radius 3 is 2.37 bits per heavy atom. The van der Waals surface area contributed by atoms with Crippen LogP contribution in [0.3, 0.4) is 0 Å². The van der Waals surface area contributed by atoms with Gasteiger partial charge in [-0.25, -0.2) is 9.78 Å². The average Bonchev–Trinajstić information content (AvgIpc) is 2.81. The van der Waals surface area contributed by atoms with Gasteiger partial charge in [-0.05, 0) is 48.5 Å². The predicted molar refractivity (Wildman–Crippen MR) is 115 cm³/mol. The van der Waals surface area contributed by atoms with Crippen molar-refractivity contribution in [1.29, 1.82) is 0 Å². The molecule has 0 atom stereocenters. The van der Waals surface area contributed by atoms with Crippen molar-refractivity contribution in [3.05, 3.63) is 60.8 Å². The van der Waals surface area contributed by atoms with Crippen LogP contribution >= 0.6 is 0 Å². The molecular weight excluding hydrogens is 382 g/mol. The van der Waals surface area contributed by atoms with Gasteiger partial charge in [0, 0.05) is 38.1 Å². The van der Waals surface area contributed by atoms with Crippen molar-refractivity contribution in [2.45, 2.75) is 0 Å². The summed E-state index contributed by atoms with van der Waals surface area (Å²) in [6, 6.07) is 16.6. The first kappa shape index (κ1) is 19.4. The van der Waals surface area contributed by atoms with Crippen LogP contribution in [0, 0.1) is 0 Å². The van der Waals surface area contributed by atoms with E-state index in [1.54, 1.807) is 18.2 Å². The molecule has 30 heavy (non-hydrogen) atoms. The van der Waals surface area contributed by atoms with E-state index in [1.165, 1.54) is 0 Å². The number of hydrogen-bond donors (Lipinski definition) is 2. The van der Waals surface area contributed by atoms with Gasteiger partial charge in [-0.3, -0.25) is 0 Å². The quantitative estimate of drug-likeness (QED) is 0.674. The average molecular weight is 405 g/mol. The summed E-state index contributed by atoms with van der Waals surface area (Å²) in [4.78, 5) is 20.6. The third kappa shape index (κ3) is 4.75. The van der Waals surface area contributed by atoms with Crippen molar-refractivity contribution in [3.8, 4) is 5.75 Å². The monoisotopic (exact) mass is 405 g/mol. The number of rotatable bonds is 5. The van der Waals surface area contributed by atoms with Gasteiger partial charge in [-0.1, -0.05) is 6.07 Å². The molecule has 0 radical (unpaired) electrons. The first-order valence-electron chi connectivity index (χ1n) is 9.68. The van der Waals surface area contributed by atoms with Gasteiger partial charge in [-0.2, -0.15) is 0 Å². The van der Waals surface area contributed by atoms with Gasteiger partial charge in [0.2, 0.25) is 0 Å². The first-order valence-corrected chi connectivity index (χ1v) is 9.68. The molecule has 3 heterocycles. The maximum atomic E-state index is 12.5. The fraction of sp³-hybridized carbons (Fsp3) is 0.238. The maximum absolute atomic E-state index is 12.5. The third-order valence-electron chi connectivity index (χ3n) is 4.80. The lowest BCUT2D eigenvalue weighted by molar-refractivity contribution is 0.208. The van der Waals surface area contributed by atoms with Gasteiger partial charge in [0.15, 0.2) is 11.6 Å². The number of urea groups is 1. The van der Waals surface area contributed by atoms with E-state index in [9.17, 15) is 4.79 Å². The van der Waals surface area contributed by atoms with Crippen molar-refractivity contribution in [2.24, 2.45) is 0 Å². The molecule has 0 aliphatic carbocycles. The smallest absolute Gasteiger partial charge is 0.321 e. The molecule has 1 aliphatic heterocycles. The highest BCUT2D eigenvalue weighted by Crippen LogP contribution is 2.18. The third-order valence-corrected chi connectivity index (χ3v) is 4.80. The van der Waals surface area contributed by atoms with Gasteiger partial charge in [-0.15, -0.1) is 10.2 Å². The molecule has 1 aromatic carbocycles. The van der Waals surface area contributed by atoms with Crippen LogP contribution in [0.2, 0.25) is 0 Å². The second-order valence-electron chi connectivity index (χ2n) is 6.75. The number of methoxy groups -OCH3 is 1. The predicted octanol–water partition coefficient (Wildman–Crippen LogP) is 2.98. The van der Waals surface area contributed by atoms with Crippen LogP contribution < -0.4 is 20.3 Å². The van der Waals surface area contributed by atoms with Crippen molar-refractivity contribution < 1.29 is 9.53 Å². The SMILES string of the molecule is COc1ccc(NC(=O)N2CCN(c3ccc(Nc4ccccn4)nn3)CC2)cc1. The highest BCUT2D eigenvalue weighted by atomic mass is 16.5. The summed E-state index contributed by atoms with van der Waals surface area (Å²) < 4.78 is 5.13. The summed E-state index contributed by atoms with van der Waals surface area (Å²) in [6.45, 7) is 2.60. The number of nitrogens with zero attached hydrogens (tertiary/aromatic N) is 5. The lowest BCUT2D eigenvalue weighted by Crippen LogP contribution is -2.50. The summed E-state index contributed by atoms with van der Waals surface area (Å²) in [5.41, 5.74) is 0.741. The molecule has 0 unspecified atom stereocenters. The Hall–Kier alpha value is -3.88. The minimum atomic E-state index is -0.110. The number of piperazine rings is 1. The topological polar surface area (TPSA) is 95.5 Å². The summed E-state index contributed by atoms with van der Waals surface area (Å²) in [5, 5.41) is 14.6. The van der Waals surface area contributed by atoms with Crippen LogP contribution in [0.1, 0.15) is 0 Å². The summed E-state index contributed by atoms with van der Waals surface area (Å²) in [5.74, 6) is 2.90. The number of pyridine rings is 1. The van der Waals surface area contributed by atoms with E-state index in [2.05, 4.69) is 30.7 Å². The number of carbonyl (C=O) groups excluding carboxylic acids is 1. The van der Waals surface area contributed by atoms with Crippen LogP contribution in [0.4, 0.5) is 27.9 Å². The highest BCUT2D eigenvalue weighted by Gasteiger charge is 2.22. The van der Waals surface area contributed by atoms with Crippen molar-refractivity contribution in [2.75, 3.05) is 48.8 Å². The zero-order chi connectivity index (χ0) is 20.8. The lowest BCUT2D eigenvalue weighted by Gasteiger charge is -2.35. The van der Waals surface area contributed by atoms with E-state index in [-0.39, 0.29) is 6.03 Å². The molecule has 2 N–H and O–H groups in total. The number of benzene rings is 1. The Bertz CT molecular complexity index is 957. The fourth-order valence-electron chi connectivity index (χ4n) is 3.14. The molecule has 1 aliphatic rings.